The van der Waals surface area contributed by atoms with Gasteiger partial charge in [-0.05, 0) is 46.1 Å². The molecule has 0 radical (unpaired) electrons. The molecule has 0 aliphatic rings. The predicted octanol–water partition coefficient (Wildman–Crippen LogP) is 4.73. The Morgan fingerprint density at radius 1 is 1.17 bits per heavy atom. The van der Waals surface area contributed by atoms with E-state index in [9.17, 15) is 4.39 Å². The van der Waals surface area contributed by atoms with Crippen LogP contribution in [0.15, 0.2) is 46.9 Å². The molecule has 0 amide bonds. The van der Waals surface area contributed by atoms with Crippen LogP contribution < -0.4 is 4.74 Å². The lowest BCUT2D eigenvalue weighted by Crippen LogP contribution is -1.98. The number of aryl methyl sites for hydroxylation is 1. The molecule has 0 heterocycles. The van der Waals surface area contributed by atoms with Crippen molar-refractivity contribution >= 4 is 15.9 Å². The Bertz CT molecular complexity index is 540. The third kappa shape index (κ3) is 3.10. The average Bonchev–Trinajstić information content (AvgIpc) is 2.41. The van der Waals surface area contributed by atoms with Gasteiger partial charge in [0.25, 0.3) is 0 Å². The molecule has 0 aliphatic heterocycles. The molecule has 94 valence electrons. The molecular formula is C15H14BrFO. The molecule has 0 N–H and O–H groups in total. The van der Waals surface area contributed by atoms with Gasteiger partial charge in [0.1, 0.15) is 18.2 Å². The largest absolute Gasteiger partial charge is 0.489 e. The van der Waals surface area contributed by atoms with Gasteiger partial charge >= 0.3 is 0 Å². The third-order valence-corrected chi connectivity index (χ3v) is 3.62. The first kappa shape index (κ1) is 13.1. The van der Waals surface area contributed by atoms with Crippen LogP contribution >= 0.6 is 15.9 Å². The molecule has 2 rings (SSSR count). The second-order valence-electron chi connectivity index (χ2n) is 4.00. The van der Waals surface area contributed by atoms with Crippen LogP contribution in [0.3, 0.4) is 0 Å². The van der Waals surface area contributed by atoms with Crippen LogP contribution in [0.1, 0.15) is 18.1 Å². The van der Waals surface area contributed by atoms with Crippen LogP contribution in [0.2, 0.25) is 0 Å². The Balaban J connectivity index is 2.09. The topological polar surface area (TPSA) is 9.23 Å². The Hall–Kier alpha value is -1.35. The van der Waals surface area contributed by atoms with Gasteiger partial charge in [-0.15, -0.1) is 0 Å². The van der Waals surface area contributed by atoms with Crippen molar-refractivity contribution in [1.29, 1.82) is 0 Å². The monoisotopic (exact) mass is 308 g/mol. The highest BCUT2D eigenvalue weighted by Crippen LogP contribution is 2.22. The van der Waals surface area contributed by atoms with E-state index in [0.29, 0.717) is 11.1 Å². The summed E-state index contributed by atoms with van der Waals surface area (Å²) in [5.74, 6) is 0.545. The molecule has 0 atom stereocenters. The molecule has 0 fully saturated rings. The smallest absolute Gasteiger partial charge is 0.137 e. The van der Waals surface area contributed by atoms with Crippen molar-refractivity contribution in [2.24, 2.45) is 0 Å². The Morgan fingerprint density at radius 3 is 2.72 bits per heavy atom. The van der Waals surface area contributed by atoms with Crippen LogP contribution in [0, 0.1) is 5.82 Å². The molecule has 1 nitrogen and oxygen atoms in total. The van der Waals surface area contributed by atoms with Gasteiger partial charge < -0.3 is 4.74 Å². The van der Waals surface area contributed by atoms with E-state index in [4.69, 9.17) is 4.74 Å². The highest BCUT2D eigenvalue weighted by Gasteiger charge is 2.05. The second-order valence-corrected chi connectivity index (χ2v) is 4.80. The molecule has 0 unspecified atom stereocenters. The van der Waals surface area contributed by atoms with E-state index in [1.807, 2.05) is 24.3 Å². The van der Waals surface area contributed by atoms with Crippen LogP contribution in [0.5, 0.6) is 5.75 Å². The molecule has 0 spiro atoms. The number of hydrogen-bond acceptors (Lipinski definition) is 1. The van der Waals surface area contributed by atoms with Crippen LogP contribution in [-0.4, -0.2) is 0 Å². The van der Waals surface area contributed by atoms with Crippen molar-refractivity contribution in [2.45, 2.75) is 20.0 Å². The maximum Gasteiger partial charge on any atom is 0.137 e. The van der Waals surface area contributed by atoms with Crippen LogP contribution in [0.4, 0.5) is 4.39 Å². The lowest BCUT2D eigenvalue weighted by Gasteiger charge is -2.09. The van der Waals surface area contributed by atoms with Crippen molar-refractivity contribution in [2.75, 3.05) is 0 Å². The molecule has 2 aromatic rings. The third-order valence-electron chi connectivity index (χ3n) is 2.73. The normalized spacial score (nSPS) is 10.4. The summed E-state index contributed by atoms with van der Waals surface area (Å²) in [5.41, 5.74) is 2.03. The summed E-state index contributed by atoms with van der Waals surface area (Å²) in [6, 6.07) is 12.9. The number of rotatable bonds is 4. The zero-order chi connectivity index (χ0) is 13.0. The Labute approximate surface area is 115 Å². The van der Waals surface area contributed by atoms with E-state index < -0.39 is 0 Å². The number of halogens is 2. The first-order valence-electron chi connectivity index (χ1n) is 5.85. The van der Waals surface area contributed by atoms with Crippen molar-refractivity contribution in [1.82, 2.24) is 0 Å². The van der Waals surface area contributed by atoms with E-state index in [0.717, 1.165) is 17.7 Å². The lowest BCUT2D eigenvalue weighted by molar-refractivity contribution is 0.304. The van der Waals surface area contributed by atoms with Gasteiger partial charge in [0, 0.05) is 5.56 Å². The van der Waals surface area contributed by atoms with E-state index in [2.05, 4.69) is 28.9 Å². The number of ether oxygens (including phenoxy) is 1. The first-order chi connectivity index (χ1) is 8.70. The van der Waals surface area contributed by atoms with Crippen molar-refractivity contribution in [3.05, 3.63) is 63.9 Å². The summed E-state index contributed by atoms with van der Waals surface area (Å²) >= 11 is 3.23. The zero-order valence-corrected chi connectivity index (χ0v) is 11.7. The van der Waals surface area contributed by atoms with Gasteiger partial charge in [0.05, 0.1) is 4.47 Å². The Kier molecular flexibility index (Phi) is 4.37. The fourth-order valence-electron chi connectivity index (χ4n) is 1.68. The fourth-order valence-corrected chi connectivity index (χ4v) is 2.06. The highest BCUT2D eigenvalue weighted by atomic mass is 79.9. The van der Waals surface area contributed by atoms with Crippen LogP contribution in [-0.2, 0) is 13.0 Å². The highest BCUT2D eigenvalue weighted by molar-refractivity contribution is 9.10. The number of hydrogen-bond donors (Lipinski definition) is 0. The minimum Gasteiger partial charge on any atom is -0.489 e. The SMILES string of the molecule is CCc1cccc(OCc2cccc(F)c2Br)c1. The maximum atomic E-state index is 13.3. The van der Waals surface area contributed by atoms with E-state index in [1.165, 1.54) is 11.6 Å². The van der Waals surface area contributed by atoms with Crippen molar-refractivity contribution < 1.29 is 9.13 Å². The van der Waals surface area contributed by atoms with E-state index in [-0.39, 0.29) is 5.82 Å². The fraction of sp³-hybridized carbons (Fsp3) is 0.200. The van der Waals surface area contributed by atoms with Crippen LogP contribution in [0.25, 0.3) is 0 Å². The molecular weight excluding hydrogens is 295 g/mol. The molecule has 0 saturated carbocycles. The standard InChI is InChI=1S/C15H14BrFO/c1-2-11-5-3-7-13(9-11)18-10-12-6-4-8-14(17)15(12)16/h3-9H,2,10H2,1H3. The summed E-state index contributed by atoms with van der Waals surface area (Å²) in [6.45, 7) is 2.45. The van der Waals surface area contributed by atoms with Gasteiger partial charge in [0.2, 0.25) is 0 Å². The maximum absolute atomic E-state index is 13.3. The molecule has 0 aliphatic carbocycles. The molecule has 0 saturated heterocycles. The lowest BCUT2D eigenvalue weighted by atomic mass is 10.2. The summed E-state index contributed by atoms with van der Waals surface area (Å²) in [5, 5.41) is 0. The van der Waals surface area contributed by atoms with Gasteiger partial charge in [-0.3, -0.25) is 0 Å². The first-order valence-corrected chi connectivity index (χ1v) is 6.64. The van der Waals surface area contributed by atoms with Gasteiger partial charge in [-0.25, -0.2) is 4.39 Å². The minimum absolute atomic E-state index is 0.265. The molecule has 3 heteroatoms. The summed E-state index contributed by atoms with van der Waals surface area (Å²) in [4.78, 5) is 0. The van der Waals surface area contributed by atoms with Gasteiger partial charge in [0.15, 0.2) is 0 Å². The molecule has 0 aromatic heterocycles. The molecule has 2 aromatic carbocycles. The van der Waals surface area contributed by atoms with Gasteiger partial charge in [-0.2, -0.15) is 0 Å². The minimum atomic E-state index is -0.265. The van der Waals surface area contributed by atoms with Crippen molar-refractivity contribution in [3.8, 4) is 5.75 Å². The summed E-state index contributed by atoms with van der Waals surface area (Å²) in [7, 11) is 0. The van der Waals surface area contributed by atoms with E-state index in [1.54, 1.807) is 6.07 Å². The zero-order valence-electron chi connectivity index (χ0n) is 10.1. The quantitative estimate of drug-likeness (QED) is 0.793. The average molecular weight is 309 g/mol. The second kappa shape index (κ2) is 6.01. The molecule has 18 heavy (non-hydrogen) atoms. The summed E-state index contributed by atoms with van der Waals surface area (Å²) in [6.07, 6.45) is 0.973. The predicted molar refractivity (Wildman–Crippen MR) is 74.3 cm³/mol. The Morgan fingerprint density at radius 2 is 1.94 bits per heavy atom. The molecule has 0 bridgehead atoms. The van der Waals surface area contributed by atoms with E-state index >= 15 is 0 Å². The van der Waals surface area contributed by atoms with Crippen molar-refractivity contribution in [3.63, 3.8) is 0 Å². The number of benzene rings is 2. The summed E-state index contributed by atoms with van der Waals surface area (Å²) < 4.78 is 19.5. The van der Waals surface area contributed by atoms with Gasteiger partial charge in [-0.1, -0.05) is 31.2 Å².